The first kappa shape index (κ1) is 14.8. The Morgan fingerprint density at radius 1 is 1.47 bits per heavy atom. The average Bonchev–Trinajstić information content (AvgIpc) is 2.64. The lowest BCUT2D eigenvalue weighted by Gasteiger charge is -2.29. The van der Waals surface area contributed by atoms with Gasteiger partial charge in [-0.25, -0.2) is 0 Å². The monoisotopic (exact) mass is 258 g/mol. The van der Waals surface area contributed by atoms with Crippen molar-refractivity contribution in [2.45, 2.75) is 64.7 Å². The maximum atomic E-state index is 12.3. The Hall–Kier alpha value is -0.220. The van der Waals surface area contributed by atoms with E-state index in [1.165, 1.54) is 0 Å². The van der Waals surface area contributed by atoms with E-state index in [1.54, 1.807) is 0 Å². The lowest BCUT2D eigenvalue weighted by molar-refractivity contribution is -0.132. The molecule has 100 valence electrons. The summed E-state index contributed by atoms with van der Waals surface area (Å²) in [6.45, 7) is 6.45. The first-order valence-electron chi connectivity index (χ1n) is 6.72. The molecular formula is C13H26N2OS. The number of rotatable bonds is 7. The molecule has 4 heteroatoms. The molecule has 1 amide bonds. The van der Waals surface area contributed by atoms with Gasteiger partial charge in [-0.2, -0.15) is 11.8 Å². The minimum Gasteiger partial charge on any atom is -0.323 e. The summed E-state index contributed by atoms with van der Waals surface area (Å²) >= 11 is 1.85. The van der Waals surface area contributed by atoms with E-state index in [0.29, 0.717) is 11.9 Å². The molecule has 3 atom stereocenters. The number of nitrogens with one attached hydrogen (secondary N) is 1. The normalized spacial score (nSPS) is 26.6. The fraction of sp³-hybridized carbons (Fsp3) is 0.923. The number of carbonyl (C=O) groups is 1. The minimum absolute atomic E-state index is 0.0571. The molecule has 0 bridgehead atoms. The van der Waals surface area contributed by atoms with Crippen LogP contribution in [-0.2, 0) is 4.79 Å². The number of nitrogens with zero attached hydrogens (tertiary/aromatic N) is 1. The largest absolute Gasteiger partial charge is 0.323 e. The van der Waals surface area contributed by atoms with Gasteiger partial charge in [0, 0.05) is 6.04 Å². The summed E-state index contributed by atoms with van der Waals surface area (Å²) in [6.07, 6.45) is 6.47. The van der Waals surface area contributed by atoms with Crippen molar-refractivity contribution < 1.29 is 4.79 Å². The van der Waals surface area contributed by atoms with Crippen LogP contribution in [0.1, 0.15) is 46.5 Å². The Morgan fingerprint density at radius 2 is 2.18 bits per heavy atom. The minimum atomic E-state index is 0.0571. The Bertz CT molecular complexity index is 248. The number of carbonyl (C=O) groups excluding carboxylic acids is 1. The van der Waals surface area contributed by atoms with Gasteiger partial charge in [-0.1, -0.05) is 20.3 Å². The molecule has 1 aliphatic rings. The van der Waals surface area contributed by atoms with E-state index in [2.05, 4.69) is 37.2 Å². The Morgan fingerprint density at radius 3 is 2.71 bits per heavy atom. The lowest BCUT2D eigenvalue weighted by atomic mass is 10.1. The molecule has 0 saturated carbocycles. The molecular weight excluding hydrogens is 232 g/mol. The summed E-state index contributed by atoms with van der Waals surface area (Å²) in [5.74, 6) is 1.44. The Labute approximate surface area is 110 Å². The summed E-state index contributed by atoms with van der Waals surface area (Å²) in [5, 5.41) is 3.47. The van der Waals surface area contributed by atoms with Crippen LogP contribution >= 0.6 is 11.8 Å². The maximum Gasteiger partial charge on any atom is 0.241 e. The standard InChI is InChI=1S/C13H26N2OS/c1-5-7-11-13(16)15(12(6-2)14-11)10(3)8-9-17-4/h10-12,14H,5-9H2,1-4H3. The van der Waals surface area contributed by atoms with Crippen LogP contribution in [0.5, 0.6) is 0 Å². The highest BCUT2D eigenvalue weighted by Gasteiger charge is 2.39. The van der Waals surface area contributed by atoms with Crippen LogP contribution < -0.4 is 5.32 Å². The summed E-state index contributed by atoms with van der Waals surface area (Å²) in [4.78, 5) is 14.4. The number of thioether (sulfide) groups is 1. The van der Waals surface area contributed by atoms with Gasteiger partial charge in [-0.05, 0) is 38.2 Å². The van der Waals surface area contributed by atoms with Crippen molar-refractivity contribution in [1.29, 1.82) is 0 Å². The number of hydrogen-bond acceptors (Lipinski definition) is 3. The van der Waals surface area contributed by atoms with E-state index in [-0.39, 0.29) is 12.2 Å². The van der Waals surface area contributed by atoms with Gasteiger partial charge in [0.25, 0.3) is 0 Å². The van der Waals surface area contributed by atoms with E-state index < -0.39 is 0 Å². The molecule has 3 unspecified atom stereocenters. The fourth-order valence-electron chi connectivity index (χ4n) is 2.48. The van der Waals surface area contributed by atoms with Crippen molar-refractivity contribution in [3.05, 3.63) is 0 Å². The predicted octanol–water partition coefficient (Wildman–Crippen LogP) is 2.46. The van der Waals surface area contributed by atoms with Crippen LogP contribution in [0.4, 0.5) is 0 Å². The zero-order chi connectivity index (χ0) is 12.8. The summed E-state index contributed by atoms with van der Waals surface area (Å²) in [5.41, 5.74) is 0. The van der Waals surface area contributed by atoms with Crippen molar-refractivity contribution in [3.8, 4) is 0 Å². The van der Waals surface area contributed by atoms with Crippen molar-refractivity contribution in [2.75, 3.05) is 12.0 Å². The highest BCUT2D eigenvalue weighted by Crippen LogP contribution is 2.21. The number of amides is 1. The van der Waals surface area contributed by atoms with Crippen LogP contribution in [0.2, 0.25) is 0 Å². The second-order valence-electron chi connectivity index (χ2n) is 4.81. The Kier molecular flexibility index (Phi) is 6.34. The van der Waals surface area contributed by atoms with E-state index in [1.807, 2.05) is 11.8 Å². The molecule has 1 rings (SSSR count). The first-order valence-corrected chi connectivity index (χ1v) is 8.12. The summed E-state index contributed by atoms with van der Waals surface area (Å²) in [7, 11) is 0. The molecule has 0 aromatic rings. The van der Waals surface area contributed by atoms with Gasteiger partial charge in [0.15, 0.2) is 0 Å². The zero-order valence-electron chi connectivity index (χ0n) is 11.5. The van der Waals surface area contributed by atoms with Crippen molar-refractivity contribution >= 4 is 17.7 Å². The van der Waals surface area contributed by atoms with E-state index >= 15 is 0 Å². The molecule has 1 N–H and O–H groups in total. The molecule has 0 aromatic heterocycles. The van der Waals surface area contributed by atoms with Crippen molar-refractivity contribution in [3.63, 3.8) is 0 Å². The van der Waals surface area contributed by atoms with Gasteiger partial charge < -0.3 is 4.90 Å². The molecule has 1 aliphatic heterocycles. The van der Waals surface area contributed by atoms with Crippen LogP contribution in [-0.4, -0.2) is 41.1 Å². The highest BCUT2D eigenvalue weighted by molar-refractivity contribution is 7.98. The third kappa shape index (κ3) is 3.62. The van der Waals surface area contributed by atoms with Gasteiger partial charge >= 0.3 is 0 Å². The fourth-order valence-corrected chi connectivity index (χ4v) is 3.06. The second-order valence-corrected chi connectivity index (χ2v) is 5.79. The molecule has 17 heavy (non-hydrogen) atoms. The maximum absolute atomic E-state index is 12.3. The van der Waals surface area contributed by atoms with Crippen LogP contribution in [0.25, 0.3) is 0 Å². The van der Waals surface area contributed by atoms with Crippen LogP contribution in [0, 0.1) is 0 Å². The topological polar surface area (TPSA) is 32.3 Å². The molecule has 1 saturated heterocycles. The van der Waals surface area contributed by atoms with E-state index in [4.69, 9.17) is 0 Å². The molecule has 0 spiro atoms. The number of hydrogen-bond donors (Lipinski definition) is 1. The zero-order valence-corrected chi connectivity index (χ0v) is 12.3. The van der Waals surface area contributed by atoms with E-state index in [9.17, 15) is 4.79 Å². The van der Waals surface area contributed by atoms with Gasteiger partial charge in [0.1, 0.15) is 0 Å². The second kappa shape index (κ2) is 7.27. The van der Waals surface area contributed by atoms with E-state index in [0.717, 1.165) is 31.4 Å². The third-order valence-electron chi connectivity index (χ3n) is 3.46. The molecule has 1 heterocycles. The van der Waals surface area contributed by atoms with Crippen molar-refractivity contribution in [1.82, 2.24) is 10.2 Å². The van der Waals surface area contributed by atoms with Crippen LogP contribution in [0.3, 0.4) is 0 Å². The first-order chi connectivity index (χ1) is 8.15. The van der Waals surface area contributed by atoms with Gasteiger partial charge in [0.2, 0.25) is 5.91 Å². The van der Waals surface area contributed by atoms with Gasteiger partial charge in [0.05, 0.1) is 12.2 Å². The lowest BCUT2D eigenvalue weighted by Crippen LogP contribution is -2.43. The summed E-state index contributed by atoms with van der Waals surface area (Å²) in [6, 6.07) is 0.413. The SMILES string of the molecule is CCCC1NC(CC)N(C(C)CCSC)C1=O. The quantitative estimate of drug-likeness (QED) is 0.761. The molecule has 1 fully saturated rings. The molecule has 0 radical (unpaired) electrons. The van der Waals surface area contributed by atoms with Gasteiger partial charge in [-0.15, -0.1) is 0 Å². The van der Waals surface area contributed by atoms with Crippen LogP contribution in [0.15, 0.2) is 0 Å². The Balaban J connectivity index is 2.64. The average molecular weight is 258 g/mol. The highest BCUT2D eigenvalue weighted by atomic mass is 32.2. The third-order valence-corrected chi connectivity index (χ3v) is 4.10. The van der Waals surface area contributed by atoms with Crippen molar-refractivity contribution in [2.24, 2.45) is 0 Å². The predicted molar refractivity (Wildman–Crippen MR) is 75.2 cm³/mol. The molecule has 0 aliphatic carbocycles. The summed E-state index contributed by atoms with van der Waals surface area (Å²) < 4.78 is 0. The molecule has 0 aromatic carbocycles. The smallest absolute Gasteiger partial charge is 0.241 e. The molecule has 3 nitrogen and oxygen atoms in total. The van der Waals surface area contributed by atoms with Gasteiger partial charge in [-0.3, -0.25) is 10.1 Å².